The van der Waals surface area contributed by atoms with Crippen LogP contribution in [0.2, 0.25) is 0 Å². The number of pyridine rings is 1. The molecule has 7 nitrogen and oxygen atoms in total. The van der Waals surface area contributed by atoms with Crippen molar-refractivity contribution in [3.05, 3.63) is 53.5 Å². The number of piperidine rings is 1. The lowest BCUT2D eigenvalue weighted by molar-refractivity contribution is 0.0228. The Hall–Kier alpha value is -2.77. The van der Waals surface area contributed by atoms with Crippen LogP contribution in [0, 0.1) is 0 Å². The molecule has 5 rings (SSSR count). The summed E-state index contributed by atoms with van der Waals surface area (Å²) in [5.74, 6) is 0.344. The van der Waals surface area contributed by atoms with Gasteiger partial charge in [-0.15, -0.1) is 0 Å². The molecule has 2 aliphatic rings. The molecule has 2 saturated heterocycles. The van der Waals surface area contributed by atoms with E-state index in [4.69, 9.17) is 4.74 Å². The van der Waals surface area contributed by atoms with E-state index in [1.54, 1.807) is 6.20 Å². The maximum atomic E-state index is 12.9. The number of aromatic nitrogens is 3. The number of hydrogen-bond acceptors (Lipinski definition) is 5. The molecule has 35 heavy (non-hydrogen) atoms. The number of carbonyl (C=O) groups excluding carboxylic acids is 1. The van der Waals surface area contributed by atoms with Crippen molar-refractivity contribution >= 4 is 27.3 Å². The number of rotatable bonds is 4. The highest BCUT2D eigenvalue weighted by molar-refractivity contribution is 8.45. The number of ether oxygens (including phenoxy) is 1. The molecule has 190 valence electrons. The second-order valence-corrected chi connectivity index (χ2v) is 11.3. The number of likely N-dealkylation sites (tertiary alicyclic amines) is 1. The summed E-state index contributed by atoms with van der Waals surface area (Å²) in [5, 5.41) is 3.26. The molecule has 13 heteroatoms. The largest absolute Gasteiger partial charge is 0.368 e. The molecule has 2 aliphatic heterocycles. The second-order valence-electron chi connectivity index (χ2n) is 8.84. The number of halogens is 5. The van der Waals surface area contributed by atoms with Crippen molar-refractivity contribution in [2.24, 2.45) is 0 Å². The highest BCUT2D eigenvalue weighted by Gasteiger charge is 2.65. The molecule has 2 N–H and O–H groups in total. The summed E-state index contributed by atoms with van der Waals surface area (Å²) < 4.78 is 70.5. The van der Waals surface area contributed by atoms with E-state index in [1.165, 1.54) is 4.90 Å². The van der Waals surface area contributed by atoms with Crippen LogP contribution in [0.5, 0.6) is 0 Å². The Balaban J connectivity index is 1.28. The number of imidazole rings is 1. The molecule has 2 aromatic heterocycles. The van der Waals surface area contributed by atoms with E-state index in [0.29, 0.717) is 50.6 Å². The van der Waals surface area contributed by atoms with E-state index in [0.717, 1.165) is 29.8 Å². The predicted molar refractivity (Wildman–Crippen MR) is 121 cm³/mol. The van der Waals surface area contributed by atoms with Gasteiger partial charge in [-0.3, -0.25) is 4.79 Å². The summed E-state index contributed by atoms with van der Waals surface area (Å²) in [6, 6.07) is 4.09. The molecule has 0 bridgehead atoms. The first-order valence-electron chi connectivity index (χ1n) is 11.2. The van der Waals surface area contributed by atoms with Crippen LogP contribution in [0.4, 0.5) is 19.4 Å². The van der Waals surface area contributed by atoms with Gasteiger partial charge in [0.25, 0.3) is 5.91 Å². The monoisotopic (exact) mass is 517 g/mol. The van der Waals surface area contributed by atoms with Gasteiger partial charge in [0.2, 0.25) is 0 Å². The molecule has 0 spiro atoms. The number of fused-ring (bicyclic) bond motifs is 1. The van der Waals surface area contributed by atoms with Gasteiger partial charge in [-0.05, 0) is 54.7 Å². The fourth-order valence-electron chi connectivity index (χ4n) is 4.61. The van der Waals surface area contributed by atoms with Crippen LogP contribution >= 0.6 is 10.2 Å². The van der Waals surface area contributed by atoms with Gasteiger partial charge in [-0.2, -0.15) is 0 Å². The lowest BCUT2D eigenvalue weighted by Gasteiger charge is -2.40. The van der Waals surface area contributed by atoms with Gasteiger partial charge >= 0.3 is 10.2 Å². The molecule has 3 aromatic rings. The van der Waals surface area contributed by atoms with Gasteiger partial charge < -0.3 is 19.9 Å². The fraction of sp³-hybridized carbons (Fsp3) is 0.409. The van der Waals surface area contributed by atoms with Crippen molar-refractivity contribution in [1.29, 1.82) is 0 Å². The highest BCUT2D eigenvalue weighted by atomic mass is 32.5. The van der Waals surface area contributed by atoms with Crippen LogP contribution in [-0.2, 0) is 4.74 Å². The summed E-state index contributed by atoms with van der Waals surface area (Å²) in [5.41, 5.74) is 2.40. The van der Waals surface area contributed by atoms with Gasteiger partial charge in [-0.25, -0.2) is 9.97 Å². The van der Waals surface area contributed by atoms with Gasteiger partial charge in [0.1, 0.15) is 16.8 Å². The molecule has 4 heterocycles. The quantitative estimate of drug-likeness (QED) is 0.459. The van der Waals surface area contributed by atoms with E-state index in [-0.39, 0.29) is 29.7 Å². The summed E-state index contributed by atoms with van der Waals surface area (Å²) in [6.07, 6.45) is 2.77. The van der Waals surface area contributed by atoms with Crippen LogP contribution in [-0.4, -0.2) is 58.5 Å². The Kier molecular flexibility index (Phi) is 5.38. The third-order valence-electron chi connectivity index (χ3n) is 6.44. The lowest BCUT2D eigenvalue weighted by atomic mass is 9.89. The van der Waals surface area contributed by atoms with Gasteiger partial charge in [-0.1, -0.05) is 19.4 Å². The second kappa shape index (κ2) is 7.87. The van der Waals surface area contributed by atoms with E-state index in [1.807, 2.05) is 6.07 Å². The average molecular weight is 518 g/mol. The van der Waals surface area contributed by atoms with Crippen LogP contribution in [0.15, 0.2) is 41.4 Å². The Morgan fingerprint density at radius 3 is 2.40 bits per heavy atom. The molecule has 1 aromatic carbocycles. The summed E-state index contributed by atoms with van der Waals surface area (Å²) in [6.45, 7) is 2.80. The van der Waals surface area contributed by atoms with Crippen LogP contribution in [0.1, 0.15) is 46.6 Å². The minimum Gasteiger partial charge on any atom is -0.368 e. The molecular formula is C22H24F5N5O2S. The SMILES string of the molecule is O=C(c1ccc(S(F)(F)(F)(F)F)cc1)N1CCC(c2ccnc3nc([C@@H]4CNCCO4)[nH]c23)CC1. The van der Waals surface area contributed by atoms with Gasteiger partial charge in [0, 0.05) is 37.9 Å². The Morgan fingerprint density at radius 1 is 1.06 bits per heavy atom. The Bertz CT molecular complexity index is 1250. The number of morpholine rings is 1. The molecule has 0 unspecified atom stereocenters. The minimum absolute atomic E-state index is 0.0559. The number of carbonyl (C=O) groups is 1. The average Bonchev–Trinajstić information content (AvgIpc) is 3.28. The number of H-pyrrole nitrogens is 1. The lowest BCUT2D eigenvalue weighted by Crippen LogP contribution is -2.38. The molecule has 0 radical (unpaired) electrons. The van der Waals surface area contributed by atoms with Crippen molar-refractivity contribution in [2.45, 2.75) is 29.8 Å². The number of amides is 1. The predicted octanol–water partition coefficient (Wildman–Crippen LogP) is 5.30. The normalized spacial score (nSPS) is 22.1. The number of benzene rings is 1. The molecule has 1 atom stereocenters. The van der Waals surface area contributed by atoms with Gasteiger partial charge in [0.15, 0.2) is 5.65 Å². The Labute approximate surface area is 197 Å². The first-order valence-corrected chi connectivity index (χ1v) is 13.1. The highest BCUT2D eigenvalue weighted by Crippen LogP contribution is 3.02. The van der Waals surface area contributed by atoms with Crippen molar-refractivity contribution in [3.63, 3.8) is 0 Å². The van der Waals surface area contributed by atoms with E-state index in [2.05, 4.69) is 20.3 Å². The van der Waals surface area contributed by atoms with E-state index >= 15 is 0 Å². The zero-order chi connectivity index (χ0) is 24.9. The topological polar surface area (TPSA) is 83.1 Å². The minimum atomic E-state index is -9.77. The fourth-order valence-corrected chi connectivity index (χ4v) is 5.26. The van der Waals surface area contributed by atoms with Gasteiger partial charge in [0.05, 0.1) is 12.1 Å². The molecule has 1 amide bonds. The van der Waals surface area contributed by atoms with Crippen LogP contribution in [0.3, 0.4) is 0 Å². The summed E-state index contributed by atoms with van der Waals surface area (Å²) >= 11 is 0. The maximum Gasteiger partial charge on any atom is 0.310 e. The third-order valence-corrected chi connectivity index (χ3v) is 7.61. The van der Waals surface area contributed by atoms with Crippen LogP contribution < -0.4 is 5.32 Å². The smallest absolute Gasteiger partial charge is 0.310 e. The van der Waals surface area contributed by atoms with E-state index < -0.39 is 21.0 Å². The standard InChI is InChI=1S/C22H24F5N5O2S/c23-35(24,25,26,27)16-3-1-15(2-4-16)22(33)32-10-6-14(7-11-32)17-5-8-29-21-19(17)30-20(31-21)18-13-28-9-12-34-18/h1-5,8,14,18,28H,6-7,9-13H2,(H,29,30,31)/t18-/m0/s1. The van der Waals surface area contributed by atoms with Crippen molar-refractivity contribution in [3.8, 4) is 0 Å². The number of nitrogens with one attached hydrogen (secondary N) is 2. The van der Waals surface area contributed by atoms with Crippen molar-refractivity contribution in [2.75, 3.05) is 32.8 Å². The van der Waals surface area contributed by atoms with Crippen LogP contribution in [0.25, 0.3) is 11.2 Å². The summed E-state index contributed by atoms with van der Waals surface area (Å²) in [7, 11) is -9.77. The first-order chi connectivity index (χ1) is 16.4. The van der Waals surface area contributed by atoms with E-state index in [9.17, 15) is 24.2 Å². The number of hydrogen-bond donors (Lipinski definition) is 2. The summed E-state index contributed by atoms with van der Waals surface area (Å²) in [4.78, 5) is 24.6. The maximum absolute atomic E-state index is 12.9. The van der Waals surface area contributed by atoms with Crippen molar-refractivity contribution < 1.29 is 29.0 Å². The zero-order valence-electron chi connectivity index (χ0n) is 18.5. The molecule has 0 aliphatic carbocycles. The zero-order valence-corrected chi connectivity index (χ0v) is 19.3. The number of aromatic amines is 1. The molecule has 2 fully saturated rings. The molecule has 0 saturated carbocycles. The third kappa shape index (κ3) is 4.98. The first kappa shape index (κ1) is 23.9. The number of nitrogens with zero attached hydrogens (tertiary/aromatic N) is 3. The molecular weight excluding hydrogens is 493 g/mol. The Morgan fingerprint density at radius 2 is 1.77 bits per heavy atom. The van der Waals surface area contributed by atoms with Crippen molar-refractivity contribution in [1.82, 2.24) is 25.2 Å².